The van der Waals surface area contributed by atoms with Crippen LogP contribution in [0, 0.1) is 0 Å². The number of piperazine rings is 1. The van der Waals surface area contributed by atoms with Gasteiger partial charge in [0.2, 0.25) is 11.8 Å². The van der Waals surface area contributed by atoms with E-state index in [2.05, 4.69) is 30.6 Å². The Morgan fingerprint density at radius 2 is 1.68 bits per heavy atom. The standard InChI is InChI=1S/C24H36N6O4/c1-23(2,3)33-22(32)27-24(4,5)21-26-20(34-28-21)17-30-13-11-29(12-14-30)16-19(31)25-15-18-9-7-6-8-10-18/h6-10H,11-17H2,1-5H3,(H,25,31)(H,27,32). The van der Waals surface area contributed by atoms with Gasteiger partial charge in [-0.3, -0.25) is 14.6 Å². The molecule has 0 spiro atoms. The molecule has 1 aliphatic heterocycles. The van der Waals surface area contributed by atoms with Gasteiger partial charge in [0.25, 0.3) is 0 Å². The number of nitrogens with one attached hydrogen (secondary N) is 2. The highest BCUT2D eigenvalue weighted by atomic mass is 16.6. The largest absolute Gasteiger partial charge is 0.444 e. The first-order valence-electron chi connectivity index (χ1n) is 11.6. The third-order valence-electron chi connectivity index (χ3n) is 5.36. The Bertz CT molecular complexity index is 946. The Hall–Kier alpha value is -2.98. The van der Waals surface area contributed by atoms with Crippen LogP contribution in [-0.4, -0.2) is 70.3 Å². The Kier molecular flexibility index (Phi) is 8.27. The minimum Gasteiger partial charge on any atom is -0.444 e. The predicted octanol–water partition coefficient (Wildman–Crippen LogP) is 2.26. The van der Waals surface area contributed by atoms with Gasteiger partial charge in [-0.25, -0.2) is 4.79 Å². The monoisotopic (exact) mass is 472 g/mol. The molecule has 10 heteroatoms. The van der Waals surface area contributed by atoms with Gasteiger partial charge >= 0.3 is 6.09 Å². The number of amides is 2. The van der Waals surface area contributed by atoms with E-state index in [1.165, 1.54) is 0 Å². The fourth-order valence-corrected chi connectivity index (χ4v) is 3.54. The van der Waals surface area contributed by atoms with Crippen LogP contribution in [0.5, 0.6) is 0 Å². The van der Waals surface area contributed by atoms with E-state index in [4.69, 9.17) is 9.26 Å². The molecule has 0 aliphatic carbocycles. The molecule has 1 aromatic heterocycles. The Morgan fingerprint density at radius 3 is 2.32 bits per heavy atom. The maximum absolute atomic E-state index is 12.3. The molecule has 2 N–H and O–H groups in total. The van der Waals surface area contributed by atoms with Crippen molar-refractivity contribution in [3.8, 4) is 0 Å². The summed E-state index contributed by atoms with van der Waals surface area (Å²) in [6, 6.07) is 9.88. The number of carbonyl (C=O) groups is 2. The van der Waals surface area contributed by atoms with Crippen molar-refractivity contribution in [2.24, 2.45) is 0 Å². The highest BCUT2D eigenvalue weighted by Gasteiger charge is 2.31. The molecule has 1 aromatic carbocycles. The van der Waals surface area contributed by atoms with Crippen molar-refractivity contribution in [1.82, 2.24) is 30.6 Å². The van der Waals surface area contributed by atoms with Gasteiger partial charge in [0, 0.05) is 32.7 Å². The first kappa shape index (κ1) is 25.6. The van der Waals surface area contributed by atoms with Gasteiger partial charge in [0.1, 0.15) is 11.1 Å². The molecule has 10 nitrogen and oxygen atoms in total. The summed E-state index contributed by atoms with van der Waals surface area (Å²) < 4.78 is 10.7. The molecule has 3 rings (SSSR count). The van der Waals surface area contributed by atoms with Gasteiger partial charge in [-0.15, -0.1) is 0 Å². The van der Waals surface area contributed by atoms with E-state index < -0.39 is 17.2 Å². The van der Waals surface area contributed by atoms with E-state index in [1.807, 2.05) is 51.1 Å². The molecule has 1 saturated heterocycles. The molecule has 0 unspecified atom stereocenters. The predicted molar refractivity (Wildman–Crippen MR) is 127 cm³/mol. The molecule has 0 saturated carbocycles. The average Bonchev–Trinajstić information content (AvgIpc) is 3.22. The molecule has 34 heavy (non-hydrogen) atoms. The summed E-state index contributed by atoms with van der Waals surface area (Å²) in [5.74, 6) is 0.906. The van der Waals surface area contributed by atoms with Crippen LogP contribution < -0.4 is 10.6 Å². The maximum atomic E-state index is 12.3. The number of rotatable bonds is 8. The highest BCUT2D eigenvalue weighted by molar-refractivity contribution is 5.78. The third-order valence-corrected chi connectivity index (χ3v) is 5.36. The normalized spacial score (nSPS) is 15.7. The highest BCUT2D eigenvalue weighted by Crippen LogP contribution is 2.19. The second kappa shape index (κ2) is 11.0. The molecule has 0 radical (unpaired) electrons. The van der Waals surface area contributed by atoms with Crippen molar-refractivity contribution in [3.05, 3.63) is 47.6 Å². The minimum atomic E-state index is -0.837. The topological polar surface area (TPSA) is 113 Å². The van der Waals surface area contributed by atoms with Gasteiger partial charge in [-0.05, 0) is 40.2 Å². The number of alkyl carbamates (subject to hydrolysis) is 1. The number of carbonyl (C=O) groups excluding carboxylic acids is 2. The van der Waals surface area contributed by atoms with Crippen molar-refractivity contribution in [1.29, 1.82) is 0 Å². The number of benzene rings is 1. The molecule has 0 bridgehead atoms. The average molecular weight is 473 g/mol. The smallest absolute Gasteiger partial charge is 0.408 e. The molecule has 186 valence electrons. The first-order chi connectivity index (χ1) is 16.0. The second-order valence-corrected chi connectivity index (χ2v) is 10.1. The lowest BCUT2D eigenvalue weighted by atomic mass is 10.1. The van der Waals surface area contributed by atoms with Crippen molar-refractivity contribution in [2.75, 3.05) is 32.7 Å². The first-order valence-corrected chi connectivity index (χ1v) is 11.6. The number of ether oxygens (including phenoxy) is 1. The lowest BCUT2D eigenvalue weighted by molar-refractivity contribution is -0.122. The van der Waals surface area contributed by atoms with Gasteiger partial charge in [0.05, 0.1) is 13.1 Å². The molecule has 1 fully saturated rings. The molecule has 2 heterocycles. The Morgan fingerprint density at radius 1 is 1.03 bits per heavy atom. The minimum absolute atomic E-state index is 0.0264. The quantitative estimate of drug-likeness (QED) is 0.602. The van der Waals surface area contributed by atoms with Gasteiger partial charge in [-0.1, -0.05) is 35.5 Å². The van der Waals surface area contributed by atoms with E-state index in [0.717, 1.165) is 31.7 Å². The summed E-state index contributed by atoms with van der Waals surface area (Å²) in [5, 5.41) is 9.82. The molecule has 0 atom stereocenters. The van der Waals surface area contributed by atoms with Crippen LogP contribution in [-0.2, 0) is 28.2 Å². The van der Waals surface area contributed by atoms with E-state index in [-0.39, 0.29) is 5.91 Å². The number of aromatic nitrogens is 2. The summed E-state index contributed by atoms with van der Waals surface area (Å²) in [6.45, 7) is 13.6. The maximum Gasteiger partial charge on any atom is 0.408 e. The lowest BCUT2D eigenvalue weighted by Gasteiger charge is -2.33. The fraction of sp³-hybridized carbons (Fsp3) is 0.583. The second-order valence-electron chi connectivity index (χ2n) is 10.1. The van der Waals surface area contributed by atoms with E-state index in [9.17, 15) is 9.59 Å². The van der Waals surface area contributed by atoms with Gasteiger partial charge < -0.3 is 19.9 Å². The van der Waals surface area contributed by atoms with Gasteiger partial charge in [-0.2, -0.15) is 4.98 Å². The van der Waals surface area contributed by atoms with Crippen LogP contribution in [0.15, 0.2) is 34.9 Å². The van der Waals surface area contributed by atoms with E-state index in [0.29, 0.717) is 31.3 Å². The summed E-state index contributed by atoms with van der Waals surface area (Å²) >= 11 is 0. The zero-order chi connectivity index (χ0) is 24.8. The zero-order valence-corrected chi connectivity index (χ0v) is 20.8. The van der Waals surface area contributed by atoms with E-state index >= 15 is 0 Å². The van der Waals surface area contributed by atoms with Crippen molar-refractivity contribution < 1.29 is 18.8 Å². The summed E-state index contributed by atoms with van der Waals surface area (Å²) in [6.07, 6.45) is -0.534. The Labute approximate surface area is 201 Å². The fourth-order valence-electron chi connectivity index (χ4n) is 3.54. The van der Waals surface area contributed by atoms with Crippen molar-refractivity contribution in [2.45, 2.75) is 58.8 Å². The van der Waals surface area contributed by atoms with Gasteiger partial charge in [0.15, 0.2) is 5.82 Å². The van der Waals surface area contributed by atoms with Crippen LogP contribution in [0.3, 0.4) is 0 Å². The van der Waals surface area contributed by atoms with Crippen LogP contribution in [0.1, 0.15) is 51.9 Å². The van der Waals surface area contributed by atoms with Crippen LogP contribution in [0.25, 0.3) is 0 Å². The summed E-state index contributed by atoms with van der Waals surface area (Å²) in [4.78, 5) is 33.2. The van der Waals surface area contributed by atoms with Crippen molar-refractivity contribution in [3.63, 3.8) is 0 Å². The van der Waals surface area contributed by atoms with Crippen molar-refractivity contribution >= 4 is 12.0 Å². The van der Waals surface area contributed by atoms with Crippen LogP contribution in [0.2, 0.25) is 0 Å². The Balaban J connectivity index is 1.41. The number of hydrogen-bond acceptors (Lipinski definition) is 8. The van der Waals surface area contributed by atoms with E-state index in [1.54, 1.807) is 13.8 Å². The SMILES string of the molecule is CC(C)(C)OC(=O)NC(C)(C)c1noc(CN2CCN(CC(=O)NCc3ccccc3)CC2)n1. The molecule has 2 amide bonds. The third kappa shape index (κ3) is 8.11. The molecule has 1 aliphatic rings. The zero-order valence-electron chi connectivity index (χ0n) is 20.8. The number of nitrogens with zero attached hydrogens (tertiary/aromatic N) is 4. The molecular formula is C24H36N6O4. The van der Waals surface area contributed by atoms with Crippen LogP contribution >= 0.6 is 0 Å². The summed E-state index contributed by atoms with van der Waals surface area (Å²) in [5.41, 5.74) is -0.340. The molecular weight excluding hydrogens is 436 g/mol. The molecule has 2 aromatic rings. The number of hydrogen-bond donors (Lipinski definition) is 2. The van der Waals surface area contributed by atoms with Crippen LogP contribution in [0.4, 0.5) is 4.79 Å². The summed E-state index contributed by atoms with van der Waals surface area (Å²) in [7, 11) is 0. The lowest BCUT2D eigenvalue weighted by Crippen LogP contribution is -2.49.